The molecule has 3 aromatic carbocycles. The number of anilines is 2. The molecule has 3 heterocycles. The summed E-state index contributed by atoms with van der Waals surface area (Å²) in [6, 6.07) is 23.0. The van der Waals surface area contributed by atoms with E-state index in [0.29, 0.717) is 25.2 Å². The fourth-order valence-electron chi connectivity index (χ4n) is 5.39. The molecular formula is C33H31FN6O2. The lowest BCUT2D eigenvalue weighted by Gasteiger charge is -2.30. The van der Waals surface area contributed by atoms with Crippen LogP contribution in [0.3, 0.4) is 0 Å². The average molecular weight is 563 g/mol. The highest BCUT2D eigenvalue weighted by Gasteiger charge is 2.24. The molecule has 0 atom stereocenters. The molecule has 42 heavy (non-hydrogen) atoms. The van der Waals surface area contributed by atoms with Gasteiger partial charge in [-0.2, -0.15) is 0 Å². The number of nitrogens with zero attached hydrogens (tertiary/aromatic N) is 3. The van der Waals surface area contributed by atoms with E-state index in [-0.39, 0.29) is 24.4 Å². The van der Waals surface area contributed by atoms with Gasteiger partial charge in [0.2, 0.25) is 0 Å². The lowest BCUT2D eigenvalue weighted by atomic mass is 9.98. The third-order valence-corrected chi connectivity index (χ3v) is 7.47. The number of halogens is 1. The molecule has 1 aliphatic heterocycles. The first-order chi connectivity index (χ1) is 20.3. The lowest BCUT2D eigenvalue weighted by Crippen LogP contribution is -2.42. The number of benzene rings is 3. The highest BCUT2D eigenvalue weighted by Crippen LogP contribution is 2.28. The first-order valence-corrected chi connectivity index (χ1v) is 13.9. The van der Waals surface area contributed by atoms with E-state index in [1.165, 1.54) is 12.1 Å². The summed E-state index contributed by atoms with van der Waals surface area (Å²) in [5, 5.41) is 8.92. The Morgan fingerprint density at radius 2 is 1.74 bits per heavy atom. The van der Waals surface area contributed by atoms with Gasteiger partial charge in [-0.25, -0.2) is 19.0 Å². The van der Waals surface area contributed by atoms with Crippen molar-refractivity contribution in [2.75, 3.05) is 17.2 Å². The van der Waals surface area contributed by atoms with Crippen molar-refractivity contribution in [1.82, 2.24) is 19.6 Å². The summed E-state index contributed by atoms with van der Waals surface area (Å²) >= 11 is 0. The van der Waals surface area contributed by atoms with Crippen molar-refractivity contribution in [2.24, 2.45) is 0 Å². The molecule has 4 amide bonds. The maximum Gasteiger partial charge on any atom is 0.323 e. The SMILES string of the molecule is Cc1cccc(NC(=O)Nc2cccc3c2CCN(C(=O)NCc2c(-c4ccc(F)cc4)nc4ccc(C)cn24)C3)c1. The molecule has 0 unspecified atom stereocenters. The van der Waals surface area contributed by atoms with Gasteiger partial charge in [0.15, 0.2) is 0 Å². The van der Waals surface area contributed by atoms with E-state index in [9.17, 15) is 14.0 Å². The first-order valence-electron chi connectivity index (χ1n) is 13.9. The van der Waals surface area contributed by atoms with Crippen LogP contribution >= 0.6 is 0 Å². The van der Waals surface area contributed by atoms with Gasteiger partial charge in [0.05, 0.1) is 17.9 Å². The molecule has 0 radical (unpaired) electrons. The highest BCUT2D eigenvalue weighted by atomic mass is 19.1. The largest absolute Gasteiger partial charge is 0.332 e. The standard InChI is InChI=1S/C33H31FN6O2/c1-21-5-3-7-26(17-21)36-32(41)37-28-8-4-6-24-20-39(16-15-27(24)28)33(42)35-18-29-31(23-10-12-25(34)13-11-23)38-30-14-9-22(2)19-40(29)30/h3-14,17,19H,15-16,18,20H2,1-2H3,(H,35,42)(H2,36,37,41). The molecule has 0 bridgehead atoms. The van der Waals surface area contributed by atoms with E-state index < -0.39 is 0 Å². The third-order valence-electron chi connectivity index (χ3n) is 7.47. The van der Waals surface area contributed by atoms with E-state index >= 15 is 0 Å². The topological polar surface area (TPSA) is 90.8 Å². The molecule has 1 aliphatic rings. The Morgan fingerprint density at radius 3 is 2.55 bits per heavy atom. The maximum absolute atomic E-state index is 13.6. The van der Waals surface area contributed by atoms with Gasteiger partial charge in [0, 0.05) is 36.2 Å². The monoisotopic (exact) mass is 562 g/mol. The molecule has 9 heteroatoms. The lowest BCUT2D eigenvalue weighted by molar-refractivity contribution is 0.192. The van der Waals surface area contributed by atoms with Gasteiger partial charge in [-0.15, -0.1) is 0 Å². The molecule has 0 saturated heterocycles. The second-order valence-electron chi connectivity index (χ2n) is 10.6. The number of hydrogen-bond donors (Lipinski definition) is 3. The summed E-state index contributed by atoms with van der Waals surface area (Å²) in [6.07, 6.45) is 2.59. The van der Waals surface area contributed by atoms with Crippen LogP contribution in [0.2, 0.25) is 0 Å². The molecule has 3 N–H and O–H groups in total. The molecule has 0 spiro atoms. The quantitative estimate of drug-likeness (QED) is 0.224. The number of imidazole rings is 1. The Kier molecular flexibility index (Phi) is 7.31. The van der Waals surface area contributed by atoms with Gasteiger partial charge in [-0.05, 0) is 91.1 Å². The molecule has 2 aromatic heterocycles. The zero-order valence-electron chi connectivity index (χ0n) is 23.4. The minimum Gasteiger partial charge on any atom is -0.332 e. The molecular weight excluding hydrogens is 531 g/mol. The molecule has 8 nitrogen and oxygen atoms in total. The number of rotatable bonds is 5. The summed E-state index contributed by atoms with van der Waals surface area (Å²) in [6.45, 7) is 5.16. The number of urea groups is 2. The average Bonchev–Trinajstić information content (AvgIpc) is 3.33. The third kappa shape index (κ3) is 5.67. The van der Waals surface area contributed by atoms with Gasteiger partial charge >= 0.3 is 12.1 Å². The van der Waals surface area contributed by atoms with E-state index in [0.717, 1.165) is 50.5 Å². The molecule has 5 aromatic rings. The van der Waals surface area contributed by atoms with Crippen LogP contribution in [0, 0.1) is 19.7 Å². The smallest absolute Gasteiger partial charge is 0.323 e. The highest BCUT2D eigenvalue weighted by molar-refractivity contribution is 6.00. The van der Waals surface area contributed by atoms with Gasteiger partial charge in [0.1, 0.15) is 11.5 Å². The Labute approximate surface area is 243 Å². The van der Waals surface area contributed by atoms with E-state index in [1.54, 1.807) is 17.0 Å². The Bertz CT molecular complexity index is 1800. The van der Waals surface area contributed by atoms with Crippen LogP contribution in [-0.4, -0.2) is 32.9 Å². The minimum atomic E-state index is -0.316. The van der Waals surface area contributed by atoms with E-state index in [2.05, 4.69) is 16.0 Å². The van der Waals surface area contributed by atoms with Crippen molar-refractivity contribution < 1.29 is 14.0 Å². The number of carbonyl (C=O) groups excluding carboxylic acids is 2. The summed E-state index contributed by atoms with van der Waals surface area (Å²) in [7, 11) is 0. The van der Waals surface area contributed by atoms with Crippen LogP contribution in [0.1, 0.15) is 27.9 Å². The van der Waals surface area contributed by atoms with Crippen molar-refractivity contribution in [3.8, 4) is 11.3 Å². The number of amides is 4. The van der Waals surface area contributed by atoms with Crippen LogP contribution in [0.4, 0.5) is 25.4 Å². The van der Waals surface area contributed by atoms with Gasteiger partial charge < -0.3 is 25.3 Å². The normalized spacial score (nSPS) is 12.6. The molecule has 0 aliphatic carbocycles. The molecule has 0 saturated carbocycles. The van der Waals surface area contributed by atoms with Crippen molar-refractivity contribution in [2.45, 2.75) is 33.4 Å². The Hall–Kier alpha value is -5.18. The van der Waals surface area contributed by atoms with Crippen molar-refractivity contribution in [3.05, 3.63) is 119 Å². The summed E-state index contributed by atoms with van der Waals surface area (Å²) in [5.41, 5.74) is 8.64. The van der Waals surface area contributed by atoms with Crippen LogP contribution in [-0.2, 0) is 19.5 Å². The van der Waals surface area contributed by atoms with E-state index in [4.69, 9.17) is 4.98 Å². The van der Waals surface area contributed by atoms with Gasteiger partial charge in [0.25, 0.3) is 0 Å². The van der Waals surface area contributed by atoms with Crippen molar-refractivity contribution in [3.63, 3.8) is 0 Å². The zero-order chi connectivity index (χ0) is 29.2. The summed E-state index contributed by atoms with van der Waals surface area (Å²) in [4.78, 5) is 32.6. The second-order valence-corrected chi connectivity index (χ2v) is 10.6. The van der Waals surface area contributed by atoms with Gasteiger partial charge in [-0.3, -0.25) is 0 Å². The number of fused-ring (bicyclic) bond motifs is 2. The first kappa shape index (κ1) is 27.0. The molecule has 212 valence electrons. The number of pyridine rings is 1. The number of nitrogens with one attached hydrogen (secondary N) is 3. The second kappa shape index (κ2) is 11.4. The fourth-order valence-corrected chi connectivity index (χ4v) is 5.39. The number of hydrogen-bond acceptors (Lipinski definition) is 3. The molecule has 0 fully saturated rings. The van der Waals surface area contributed by atoms with Crippen LogP contribution < -0.4 is 16.0 Å². The van der Waals surface area contributed by atoms with Gasteiger partial charge in [-0.1, -0.05) is 30.3 Å². The van der Waals surface area contributed by atoms with Crippen LogP contribution in [0.5, 0.6) is 0 Å². The number of aryl methyl sites for hydroxylation is 2. The number of carbonyl (C=O) groups is 2. The van der Waals surface area contributed by atoms with Crippen molar-refractivity contribution in [1.29, 1.82) is 0 Å². The number of aromatic nitrogens is 2. The molecule has 6 rings (SSSR count). The van der Waals surface area contributed by atoms with Crippen molar-refractivity contribution >= 4 is 29.1 Å². The van der Waals surface area contributed by atoms with Crippen LogP contribution in [0.25, 0.3) is 16.9 Å². The van der Waals surface area contributed by atoms with Crippen LogP contribution in [0.15, 0.2) is 85.1 Å². The predicted molar refractivity (Wildman–Crippen MR) is 162 cm³/mol. The Balaban J connectivity index is 1.16. The predicted octanol–water partition coefficient (Wildman–Crippen LogP) is 6.67. The zero-order valence-corrected chi connectivity index (χ0v) is 23.4. The summed E-state index contributed by atoms with van der Waals surface area (Å²) in [5.74, 6) is -0.316. The van der Waals surface area contributed by atoms with E-state index in [1.807, 2.05) is 79.0 Å². The summed E-state index contributed by atoms with van der Waals surface area (Å²) < 4.78 is 15.6. The Morgan fingerprint density at radius 1 is 0.929 bits per heavy atom. The maximum atomic E-state index is 13.6. The minimum absolute atomic E-state index is 0.191. The fraction of sp³-hybridized carbons (Fsp3) is 0.182.